The maximum atomic E-state index is 12.5. The second-order valence-corrected chi connectivity index (χ2v) is 5.37. The Morgan fingerprint density at radius 1 is 1.33 bits per heavy atom. The first-order valence-electron chi connectivity index (χ1n) is 6.40. The minimum Gasteiger partial charge on any atom is -0.394 e. The van der Waals surface area contributed by atoms with E-state index in [-0.39, 0.29) is 18.9 Å². The van der Waals surface area contributed by atoms with Crippen LogP contribution < -0.4 is 5.32 Å². The molecule has 2 rings (SSSR count). The average Bonchev–Trinajstić information content (AvgIpc) is 2.53. The lowest BCUT2D eigenvalue weighted by atomic mass is 10.1. The highest BCUT2D eigenvalue weighted by atomic mass is 79.9. The van der Waals surface area contributed by atoms with Gasteiger partial charge in [-0.2, -0.15) is 0 Å². The van der Waals surface area contributed by atoms with Gasteiger partial charge in [0.2, 0.25) is 5.78 Å². The molecule has 0 aliphatic carbocycles. The summed E-state index contributed by atoms with van der Waals surface area (Å²) in [5.74, 6) is -0.210. The Morgan fingerprint density at radius 2 is 2.14 bits per heavy atom. The van der Waals surface area contributed by atoms with Crippen molar-refractivity contribution in [3.8, 4) is 0 Å². The van der Waals surface area contributed by atoms with E-state index in [2.05, 4.69) is 26.2 Å². The predicted molar refractivity (Wildman–Crippen MR) is 83.4 cm³/mol. The lowest BCUT2D eigenvalue weighted by Gasteiger charge is -2.14. The van der Waals surface area contributed by atoms with E-state index in [0.717, 1.165) is 4.47 Å². The Bertz CT molecular complexity index is 620. The summed E-state index contributed by atoms with van der Waals surface area (Å²) in [5.41, 5.74) is 1.39. The van der Waals surface area contributed by atoms with Crippen LogP contribution in [0.2, 0.25) is 0 Å². The van der Waals surface area contributed by atoms with E-state index in [9.17, 15) is 9.90 Å². The third-order valence-electron chi connectivity index (χ3n) is 2.86. The summed E-state index contributed by atoms with van der Waals surface area (Å²) < 4.78 is 0.773. The Morgan fingerprint density at radius 3 is 2.81 bits per heavy atom. The minimum atomic E-state index is -0.883. The smallest absolute Gasteiger partial charge is 0.213 e. The maximum Gasteiger partial charge on any atom is 0.213 e. The molecule has 1 unspecified atom stereocenters. The summed E-state index contributed by atoms with van der Waals surface area (Å²) in [4.78, 5) is 16.6. The SMILES string of the molecule is O=C(c1ccccn1)c1cc(Br)ccc1NCC(O)CO. The number of carbonyl (C=O) groups is 1. The number of rotatable bonds is 6. The molecule has 0 aliphatic heterocycles. The number of pyridine rings is 1. The van der Waals surface area contributed by atoms with Gasteiger partial charge in [0.15, 0.2) is 0 Å². The first-order valence-corrected chi connectivity index (χ1v) is 7.19. The van der Waals surface area contributed by atoms with Crippen molar-refractivity contribution in [2.24, 2.45) is 0 Å². The number of ketones is 1. The summed E-state index contributed by atoms with van der Waals surface area (Å²) in [7, 11) is 0. The molecule has 5 nitrogen and oxygen atoms in total. The number of hydrogen-bond donors (Lipinski definition) is 3. The van der Waals surface area contributed by atoms with Gasteiger partial charge in [-0.25, -0.2) is 0 Å². The number of nitrogens with one attached hydrogen (secondary N) is 1. The van der Waals surface area contributed by atoms with Crippen molar-refractivity contribution in [1.82, 2.24) is 4.98 Å². The Labute approximate surface area is 130 Å². The molecule has 0 spiro atoms. The Kier molecular flexibility index (Phi) is 5.44. The van der Waals surface area contributed by atoms with Gasteiger partial charge >= 0.3 is 0 Å². The summed E-state index contributed by atoms with van der Waals surface area (Å²) in [6.45, 7) is -0.187. The molecule has 0 saturated heterocycles. The fourth-order valence-electron chi connectivity index (χ4n) is 1.79. The Hall–Kier alpha value is -1.76. The highest BCUT2D eigenvalue weighted by Crippen LogP contribution is 2.23. The zero-order valence-corrected chi connectivity index (χ0v) is 12.7. The standard InChI is InChI=1S/C15H15BrN2O3/c16-10-4-5-13(18-8-11(20)9-19)12(7-10)15(21)14-3-1-2-6-17-14/h1-7,11,18-20H,8-9H2. The van der Waals surface area contributed by atoms with E-state index in [1.54, 1.807) is 42.6 Å². The second-order valence-electron chi connectivity index (χ2n) is 4.45. The molecule has 0 aliphatic rings. The van der Waals surface area contributed by atoms with Gasteiger partial charge in [0.05, 0.1) is 12.7 Å². The normalized spacial score (nSPS) is 12.0. The number of hydrogen-bond acceptors (Lipinski definition) is 5. The van der Waals surface area contributed by atoms with Crippen molar-refractivity contribution in [1.29, 1.82) is 0 Å². The average molecular weight is 351 g/mol. The first kappa shape index (κ1) is 15.6. The van der Waals surface area contributed by atoms with Crippen LogP contribution in [-0.2, 0) is 0 Å². The molecule has 1 aromatic carbocycles. The summed E-state index contributed by atoms with van der Waals surface area (Å²) in [5, 5.41) is 21.2. The van der Waals surface area contributed by atoms with Crippen LogP contribution >= 0.6 is 15.9 Å². The monoisotopic (exact) mass is 350 g/mol. The van der Waals surface area contributed by atoms with Gasteiger partial charge < -0.3 is 15.5 Å². The molecule has 1 atom stereocenters. The Balaban J connectivity index is 2.29. The molecule has 2 aromatic rings. The highest BCUT2D eigenvalue weighted by molar-refractivity contribution is 9.10. The largest absolute Gasteiger partial charge is 0.394 e. The predicted octanol–water partition coefficient (Wildman–Crippen LogP) is 1.84. The van der Waals surface area contributed by atoms with E-state index >= 15 is 0 Å². The second kappa shape index (κ2) is 7.31. The molecule has 110 valence electrons. The molecule has 1 aromatic heterocycles. The van der Waals surface area contributed by atoms with Gasteiger partial charge in [-0.1, -0.05) is 22.0 Å². The zero-order valence-electron chi connectivity index (χ0n) is 11.2. The highest BCUT2D eigenvalue weighted by Gasteiger charge is 2.15. The van der Waals surface area contributed by atoms with Crippen molar-refractivity contribution < 1.29 is 15.0 Å². The number of nitrogens with zero attached hydrogens (tertiary/aromatic N) is 1. The quantitative estimate of drug-likeness (QED) is 0.692. The van der Waals surface area contributed by atoms with Crippen LogP contribution in [0.1, 0.15) is 16.1 Å². The molecule has 0 amide bonds. The van der Waals surface area contributed by atoms with Crippen LogP contribution in [0.25, 0.3) is 0 Å². The topological polar surface area (TPSA) is 82.5 Å². The molecule has 21 heavy (non-hydrogen) atoms. The summed E-state index contributed by atoms with van der Waals surface area (Å²) >= 11 is 3.34. The van der Waals surface area contributed by atoms with E-state index in [4.69, 9.17) is 5.11 Å². The fraction of sp³-hybridized carbons (Fsp3) is 0.200. The van der Waals surface area contributed by atoms with Crippen molar-refractivity contribution in [3.05, 3.63) is 58.3 Å². The van der Waals surface area contributed by atoms with Crippen molar-refractivity contribution in [3.63, 3.8) is 0 Å². The molecule has 0 radical (unpaired) electrons. The van der Waals surface area contributed by atoms with Crippen molar-refractivity contribution >= 4 is 27.4 Å². The molecule has 1 heterocycles. The van der Waals surface area contributed by atoms with E-state index < -0.39 is 6.10 Å². The van der Waals surface area contributed by atoms with E-state index in [1.807, 2.05) is 0 Å². The lowest BCUT2D eigenvalue weighted by molar-refractivity contribution is 0.103. The number of halogens is 1. The number of aliphatic hydroxyl groups is 2. The van der Waals surface area contributed by atoms with Crippen LogP contribution in [0.15, 0.2) is 47.1 Å². The van der Waals surface area contributed by atoms with Gasteiger partial charge in [-0.3, -0.25) is 9.78 Å². The van der Waals surface area contributed by atoms with Gasteiger partial charge in [0, 0.05) is 28.5 Å². The molecule has 0 saturated carbocycles. The van der Waals surface area contributed by atoms with Crippen LogP contribution in [0.4, 0.5) is 5.69 Å². The molecule has 0 fully saturated rings. The summed E-state index contributed by atoms with van der Waals surface area (Å²) in [6, 6.07) is 10.4. The van der Waals surface area contributed by atoms with Gasteiger partial charge in [0.25, 0.3) is 0 Å². The third kappa shape index (κ3) is 4.10. The summed E-state index contributed by atoms with van der Waals surface area (Å²) in [6.07, 6.45) is 0.680. The number of benzene rings is 1. The lowest BCUT2D eigenvalue weighted by Crippen LogP contribution is -2.23. The third-order valence-corrected chi connectivity index (χ3v) is 3.36. The number of aromatic nitrogens is 1. The molecule has 6 heteroatoms. The van der Waals surface area contributed by atoms with Crippen molar-refractivity contribution in [2.45, 2.75) is 6.10 Å². The zero-order chi connectivity index (χ0) is 15.2. The van der Waals surface area contributed by atoms with Gasteiger partial charge in [-0.15, -0.1) is 0 Å². The minimum absolute atomic E-state index is 0.153. The molecular formula is C15H15BrN2O3. The van der Waals surface area contributed by atoms with E-state index in [0.29, 0.717) is 16.9 Å². The van der Waals surface area contributed by atoms with Gasteiger partial charge in [0.1, 0.15) is 5.69 Å². The number of anilines is 1. The number of aliphatic hydroxyl groups excluding tert-OH is 2. The molecular weight excluding hydrogens is 336 g/mol. The maximum absolute atomic E-state index is 12.5. The van der Waals surface area contributed by atoms with Gasteiger partial charge in [-0.05, 0) is 30.3 Å². The van der Waals surface area contributed by atoms with E-state index in [1.165, 1.54) is 0 Å². The first-order chi connectivity index (χ1) is 10.1. The van der Waals surface area contributed by atoms with Crippen LogP contribution in [0, 0.1) is 0 Å². The molecule has 3 N–H and O–H groups in total. The van der Waals surface area contributed by atoms with Crippen LogP contribution in [0.5, 0.6) is 0 Å². The number of carbonyl (C=O) groups excluding carboxylic acids is 1. The van der Waals surface area contributed by atoms with Crippen molar-refractivity contribution in [2.75, 3.05) is 18.5 Å². The fourth-order valence-corrected chi connectivity index (χ4v) is 2.15. The van der Waals surface area contributed by atoms with Crippen LogP contribution in [-0.4, -0.2) is 40.2 Å². The van der Waals surface area contributed by atoms with Crippen LogP contribution in [0.3, 0.4) is 0 Å². The molecule has 0 bridgehead atoms.